The van der Waals surface area contributed by atoms with Crippen LogP contribution in [0.1, 0.15) is 59.3 Å². The summed E-state index contributed by atoms with van der Waals surface area (Å²) in [5.74, 6) is 2.93. The van der Waals surface area contributed by atoms with E-state index in [1.54, 1.807) is 0 Å². The molecule has 0 aromatic heterocycles. The molecule has 132 valence electrons. The maximum atomic E-state index is 14.2. The Kier molecular flexibility index (Phi) is 7.29. The molecule has 0 heterocycles. The molecule has 8 atom stereocenters. The summed E-state index contributed by atoms with van der Waals surface area (Å²) >= 11 is 0. The second-order valence-electron chi connectivity index (χ2n) is 7.76. The summed E-state index contributed by atoms with van der Waals surface area (Å²) in [6.07, 6.45) is 13.2. The second kappa shape index (κ2) is 8.77. The van der Waals surface area contributed by atoms with Crippen molar-refractivity contribution in [3.63, 3.8) is 0 Å². The van der Waals surface area contributed by atoms with Crippen molar-refractivity contribution >= 4 is 9.24 Å². The number of nitrogens with two attached hydrogens (primary N) is 1. The Labute approximate surface area is 144 Å². The molecule has 4 unspecified atom stereocenters. The van der Waals surface area contributed by atoms with Gasteiger partial charge in [-0.15, -0.1) is 9.24 Å². The largest absolute Gasteiger partial charge is 0.322 e. The zero-order valence-electron chi connectivity index (χ0n) is 15.0. The Morgan fingerprint density at radius 1 is 1.30 bits per heavy atom. The van der Waals surface area contributed by atoms with E-state index in [1.165, 1.54) is 32.1 Å². The van der Waals surface area contributed by atoms with Crippen LogP contribution in [-0.2, 0) is 0 Å². The smallest absolute Gasteiger partial charge is 0.120 e. The van der Waals surface area contributed by atoms with Gasteiger partial charge < -0.3 is 5.73 Å². The van der Waals surface area contributed by atoms with E-state index < -0.39 is 12.2 Å². The van der Waals surface area contributed by atoms with Gasteiger partial charge >= 0.3 is 0 Å². The van der Waals surface area contributed by atoms with Crippen molar-refractivity contribution in [1.82, 2.24) is 0 Å². The fraction of sp³-hybridized carbons (Fsp3) is 0.800. The predicted molar refractivity (Wildman–Crippen MR) is 102 cm³/mol. The van der Waals surface area contributed by atoms with Gasteiger partial charge in [0.15, 0.2) is 0 Å². The summed E-state index contributed by atoms with van der Waals surface area (Å²) < 4.78 is 14.2. The third-order valence-corrected chi connectivity index (χ3v) is 6.69. The van der Waals surface area contributed by atoms with E-state index in [2.05, 4.69) is 48.2 Å². The highest BCUT2D eigenvalue weighted by Gasteiger charge is 2.36. The molecule has 0 aromatic rings. The summed E-state index contributed by atoms with van der Waals surface area (Å²) in [5.41, 5.74) is 5.89. The van der Waals surface area contributed by atoms with Crippen molar-refractivity contribution in [2.45, 2.75) is 71.5 Å². The highest BCUT2D eigenvalue weighted by Crippen LogP contribution is 2.42. The van der Waals surface area contributed by atoms with E-state index in [-0.39, 0.29) is 0 Å². The van der Waals surface area contributed by atoms with E-state index in [0.29, 0.717) is 30.1 Å². The molecule has 2 rings (SSSR count). The van der Waals surface area contributed by atoms with Gasteiger partial charge in [0.25, 0.3) is 0 Å². The van der Waals surface area contributed by atoms with Crippen molar-refractivity contribution in [2.24, 2.45) is 35.3 Å². The molecule has 23 heavy (non-hydrogen) atoms. The molecule has 3 heteroatoms. The lowest BCUT2D eigenvalue weighted by molar-refractivity contribution is 0.178. The SMILES string of the molecule is CCCCC(CC)C1C=C[C@H]([C@@H]2C=C(P)C(N)[C@H](F)C2)[C@H](C)C1. The van der Waals surface area contributed by atoms with Gasteiger partial charge in [0.1, 0.15) is 6.17 Å². The number of unbranched alkanes of at least 4 members (excludes halogenated alkanes) is 1. The molecule has 0 bridgehead atoms. The van der Waals surface area contributed by atoms with E-state index in [4.69, 9.17) is 5.73 Å². The maximum Gasteiger partial charge on any atom is 0.120 e. The average Bonchev–Trinajstić information content (AvgIpc) is 2.53. The molecular weight excluding hydrogens is 304 g/mol. The lowest BCUT2D eigenvalue weighted by Gasteiger charge is -2.39. The molecule has 2 aliphatic carbocycles. The number of hydrogen-bond donors (Lipinski definition) is 1. The monoisotopic (exact) mass is 339 g/mol. The summed E-state index contributed by atoms with van der Waals surface area (Å²) in [6, 6.07) is -0.426. The molecule has 0 saturated heterocycles. The molecule has 2 aliphatic rings. The Balaban J connectivity index is 2.05. The Morgan fingerprint density at radius 2 is 2.04 bits per heavy atom. The van der Waals surface area contributed by atoms with Gasteiger partial charge in [0.05, 0.1) is 6.04 Å². The van der Waals surface area contributed by atoms with Crippen LogP contribution in [0.4, 0.5) is 4.39 Å². The Hall–Kier alpha value is -0.200. The summed E-state index contributed by atoms with van der Waals surface area (Å²) in [7, 11) is 2.65. The summed E-state index contributed by atoms with van der Waals surface area (Å²) in [4.78, 5) is 0. The molecule has 0 aliphatic heterocycles. The van der Waals surface area contributed by atoms with E-state index in [0.717, 1.165) is 11.2 Å². The molecule has 1 nitrogen and oxygen atoms in total. The number of hydrogen-bond acceptors (Lipinski definition) is 1. The molecule has 0 aromatic carbocycles. The van der Waals surface area contributed by atoms with Crippen LogP contribution in [-0.4, -0.2) is 12.2 Å². The molecular formula is C20H35FNP. The quantitative estimate of drug-likeness (QED) is 0.503. The number of rotatable bonds is 6. The zero-order chi connectivity index (χ0) is 17.0. The summed E-state index contributed by atoms with van der Waals surface area (Å²) in [6.45, 7) is 6.95. The maximum absolute atomic E-state index is 14.2. The minimum Gasteiger partial charge on any atom is -0.322 e. The third kappa shape index (κ3) is 4.67. The minimum absolute atomic E-state index is 0.306. The minimum atomic E-state index is -0.899. The van der Waals surface area contributed by atoms with Crippen LogP contribution >= 0.6 is 9.24 Å². The molecule has 0 amide bonds. The van der Waals surface area contributed by atoms with Crippen LogP contribution in [0.25, 0.3) is 0 Å². The zero-order valence-corrected chi connectivity index (χ0v) is 16.2. The van der Waals surface area contributed by atoms with Crippen LogP contribution in [0.15, 0.2) is 23.5 Å². The van der Waals surface area contributed by atoms with E-state index in [9.17, 15) is 4.39 Å². The third-order valence-electron chi connectivity index (χ3n) is 6.11. The average molecular weight is 339 g/mol. The molecule has 0 spiro atoms. The van der Waals surface area contributed by atoms with Crippen molar-refractivity contribution in [3.8, 4) is 0 Å². The van der Waals surface area contributed by atoms with Crippen LogP contribution < -0.4 is 5.73 Å². The normalized spacial score (nSPS) is 39.1. The first-order chi connectivity index (χ1) is 11.0. The van der Waals surface area contributed by atoms with Gasteiger partial charge in [-0.25, -0.2) is 4.39 Å². The first-order valence-corrected chi connectivity index (χ1v) is 10.1. The van der Waals surface area contributed by atoms with E-state index >= 15 is 0 Å². The van der Waals surface area contributed by atoms with Crippen molar-refractivity contribution in [3.05, 3.63) is 23.5 Å². The van der Waals surface area contributed by atoms with Crippen molar-refractivity contribution in [2.75, 3.05) is 0 Å². The molecule has 2 N–H and O–H groups in total. The number of halogens is 1. The van der Waals surface area contributed by atoms with Gasteiger partial charge in [-0.2, -0.15) is 0 Å². The second-order valence-corrected chi connectivity index (χ2v) is 8.42. The van der Waals surface area contributed by atoms with Gasteiger partial charge in [0, 0.05) is 0 Å². The lowest BCUT2D eigenvalue weighted by atomic mass is 9.67. The Morgan fingerprint density at radius 3 is 2.61 bits per heavy atom. The topological polar surface area (TPSA) is 26.0 Å². The van der Waals surface area contributed by atoms with Crippen molar-refractivity contribution < 1.29 is 4.39 Å². The van der Waals surface area contributed by atoms with Crippen molar-refractivity contribution in [1.29, 1.82) is 0 Å². The van der Waals surface area contributed by atoms with Crippen LogP contribution in [0, 0.1) is 29.6 Å². The van der Waals surface area contributed by atoms with Gasteiger partial charge in [0.2, 0.25) is 0 Å². The summed E-state index contributed by atoms with van der Waals surface area (Å²) in [5, 5.41) is 0.950. The Bertz CT molecular complexity index is 433. The molecule has 0 saturated carbocycles. The lowest BCUT2D eigenvalue weighted by Crippen LogP contribution is -2.39. The van der Waals surface area contributed by atoms with Gasteiger partial charge in [-0.05, 0) is 54.2 Å². The van der Waals surface area contributed by atoms with Crippen LogP contribution in [0.2, 0.25) is 0 Å². The fourth-order valence-corrected chi connectivity index (χ4v) is 4.99. The number of alkyl halides is 1. The highest BCUT2D eigenvalue weighted by molar-refractivity contribution is 7.22. The van der Waals surface area contributed by atoms with Crippen LogP contribution in [0.3, 0.4) is 0 Å². The predicted octanol–water partition coefficient (Wildman–Crippen LogP) is 5.48. The first kappa shape index (κ1) is 19.1. The first-order valence-electron chi connectivity index (χ1n) is 9.53. The standard InChI is InChI=1S/C20H35FNP/c1-4-6-7-14(5-2)15-8-9-17(13(3)10-15)16-11-18(21)20(22)19(23)12-16/h8-9,12-18,20H,4-7,10-11,22-23H2,1-3H3/t13-,14?,15?,16+,17+,18-,20?/m1/s1. The molecule has 0 fully saturated rings. The van der Waals surface area contributed by atoms with E-state index in [1.807, 2.05) is 0 Å². The fourth-order valence-electron chi connectivity index (χ4n) is 4.54. The van der Waals surface area contributed by atoms with Gasteiger partial charge in [-0.1, -0.05) is 58.3 Å². The number of allylic oxidation sites excluding steroid dienone is 3. The van der Waals surface area contributed by atoms with Crippen LogP contribution in [0.5, 0.6) is 0 Å². The molecule has 0 radical (unpaired) electrons. The van der Waals surface area contributed by atoms with Gasteiger partial charge in [-0.3, -0.25) is 0 Å². The highest BCUT2D eigenvalue weighted by atomic mass is 31.0.